The van der Waals surface area contributed by atoms with Gasteiger partial charge in [0.15, 0.2) is 0 Å². The minimum Gasteiger partial charge on any atom is -0.338 e. The number of amides is 2. The Labute approximate surface area is 114 Å². The fourth-order valence-corrected chi connectivity index (χ4v) is 1.43. The predicted molar refractivity (Wildman–Crippen MR) is 73.4 cm³/mol. The number of nitro benzene ring substituents is 1. The van der Waals surface area contributed by atoms with Crippen molar-refractivity contribution < 1.29 is 9.72 Å². The van der Waals surface area contributed by atoms with Crippen molar-refractivity contribution in [3.05, 3.63) is 44.8 Å². The summed E-state index contributed by atoms with van der Waals surface area (Å²) in [6.07, 6.45) is 1.36. The molecule has 0 radical (unpaired) electrons. The van der Waals surface area contributed by atoms with Gasteiger partial charge in [0.25, 0.3) is 5.69 Å². The average Bonchev–Trinajstić information content (AvgIpc) is 2.43. The zero-order valence-electron chi connectivity index (χ0n) is 10.7. The molecule has 1 aromatic carbocycles. The molecule has 20 heavy (non-hydrogen) atoms. The Morgan fingerprint density at radius 3 is 2.95 bits per heavy atom. The van der Waals surface area contributed by atoms with E-state index >= 15 is 0 Å². The molecule has 2 amide bonds. The zero-order valence-corrected chi connectivity index (χ0v) is 10.7. The van der Waals surface area contributed by atoms with Crippen LogP contribution in [0.25, 0.3) is 10.4 Å². The van der Waals surface area contributed by atoms with Crippen molar-refractivity contribution in [3.63, 3.8) is 0 Å². The second-order valence-electron chi connectivity index (χ2n) is 3.85. The van der Waals surface area contributed by atoms with Gasteiger partial charge in [-0.25, -0.2) is 4.79 Å². The first kappa shape index (κ1) is 15.3. The number of non-ortho nitro benzene ring substituents is 1. The number of azide groups is 1. The highest BCUT2D eigenvalue weighted by Crippen LogP contribution is 2.16. The molecule has 0 spiro atoms. The number of urea groups is 1. The number of nitrogens with one attached hydrogen (secondary N) is 2. The Balaban J connectivity index is 2.33. The molecule has 0 unspecified atom stereocenters. The first-order chi connectivity index (χ1) is 9.63. The maximum absolute atomic E-state index is 11.5. The van der Waals surface area contributed by atoms with E-state index in [1.54, 1.807) is 6.07 Å². The molecule has 1 aromatic rings. The van der Waals surface area contributed by atoms with Gasteiger partial charge in [-0.15, -0.1) is 0 Å². The van der Waals surface area contributed by atoms with Crippen molar-refractivity contribution in [1.29, 1.82) is 0 Å². The van der Waals surface area contributed by atoms with Gasteiger partial charge in [-0.2, -0.15) is 0 Å². The van der Waals surface area contributed by atoms with Crippen molar-refractivity contribution >= 4 is 17.4 Å². The van der Waals surface area contributed by atoms with Crippen molar-refractivity contribution in [2.45, 2.75) is 12.8 Å². The van der Waals surface area contributed by atoms with E-state index in [9.17, 15) is 14.9 Å². The Morgan fingerprint density at radius 2 is 2.25 bits per heavy atom. The molecule has 0 saturated carbocycles. The summed E-state index contributed by atoms with van der Waals surface area (Å²) in [7, 11) is 0. The summed E-state index contributed by atoms with van der Waals surface area (Å²) >= 11 is 0. The van der Waals surface area contributed by atoms with Gasteiger partial charge in [-0.1, -0.05) is 11.2 Å². The summed E-state index contributed by atoms with van der Waals surface area (Å²) in [5.74, 6) is 0. The van der Waals surface area contributed by atoms with Crippen molar-refractivity contribution in [2.75, 3.05) is 18.4 Å². The molecule has 2 N–H and O–H groups in total. The summed E-state index contributed by atoms with van der Waals surface area (Å²) in [6.45, 7) is 0.826. The van der Waals surface area contributed by atoms with Crippen LogP contribution in [0, 0.1) is 10.1 Å². The van der Waals surface area contributed by atoms with Gasteiger partial charge >= 0.3 is 6.03 Å². The summed E-state index contributed by atoms with van der Waals surface area (Å²) in [6, 6.07) is 5.25. The number of unbranched alkanes of at least 4 members (excludes halogenated alkanes) is 1. The minimum absolute atomic E-state index is 0.0860. The molecule has 0 bridgehead atoms. The van der Waals surface area contributed by atoms with E-state index in [0.29, 0.717) is 31.6 Å². The number of hydrogen-bond donors (Lipinski definition) is 2. The van der Waals surface area contributed by atoms with Gasteiger partial charge in [-0.3, -0.25) is 10.1 Å². The molecule has 1 rings (SSSR count). The molecule has 0 aliphatic rings. The van der Waals surface area contributed by atoms with Crippen LogP contribution in [0.2, 0.25) is 0 Å². The van der Waals surface area contributed by atoms with Gasteiger partial charge in [0.1, 0.15) is 0 Å². The Morgan fingerprint density at radius 1 is 1.45 bits per heavy atom. The molecule has 0 fully saturated rings. The van der Waals surface area contributed by atoms with E-state index in [-0.39, 0.29) is 5.69 Å². The molecule has 0 aliphatic heterocycles. The normalized spacial score (nSPS) is 9.40. The van der Waals surface area contributed by atoms with E-state index in [1.807, 2.05) is 0 Å². The van der Waals surface area contributed by atoms with Crippen LogP contribution in [0.4, 0.5) is 16.2 Å². The van der Waals surface area contributed by atoms with E-state index < -0.39 is 11.0 Å². The van der Waals surface area contributed by atoms with Gasteiger partial charge in [0, 0.05) is 35.8 Å². The monoisotopic (exact) mass is 278 g/mol. The molecule has 0 atom stereocenters. The third-order valence-corrected chi connectivity index (χ3v) is 2.35. The Hall–Kier alpha value is -2.80. The lowest BCUT2D eigenvalue weighted by atomic mass is 10.3. The van der Waals surface area contributed by atoms with Crippen LogP contribution in [0.5, 0.6) is 0 Å². The molecule has 0 saturated heterocycles. The van der Waals surface area contributed by atoms with Crippen LogP contribution in [0.15, 0.2) is 29.4 Å². The largest absolute Gasteiger partial charge is 0.338 e. The molecular weight excluding hydrogens is 264 g/mol. The Kier molecular flexibility index (Phi) is 6.35. The summed E-state index contributed by atoms with van der Waals surface area (Å²) < 4.78 is 0. The van der Waals surface area contributed by atoms with Crippen molar-refractivity contribution in [1.82, 2.24) is 5.32 Å². The van der Waals surface area contributed by atoms with E-state index in [2.05, 4.69) is 20.7 Å². The first-order valence-corrected chi connectivity index (χ1v) is 5.93. The van der Waals surface area contributed by atoms with Crippen LogP contribution in [-0.2, 0) is 0 Å². The van der Waals surface area contributed by atoms with Gasteiger partial charge in [0.05, 0.1) is 4.92 Å². The van der Waals surface area contributed by atoms with Crippen molar-refractivity contribution in [2.24, 2.45) is 5.11 Å². The quantitative estimate of drug-likeness (QED) is 0.198. The lowest BCUT2D eigenvalue weighted by Gasteiger charge is -2.06. The topological polar surface area (TPSA) is 133 Å². The maximum atomic E-state index is 11.5. The standard InChI is InChI=1S/C11H14N6O3/c12-16-14-7-2-1-6-13-11(18)15-9-4-3-5-10(8-9)17(19)20/h3-5,8H,1-2,6-7H2,(H2,13,15,18). The number of hydrogen-bond acceptors (Lipinski definition) is 4. The zero-order chi connectivity index (χ0) is 14.8. The van der Waals surface area contributed by atoms with Gasteiger partial charge < -0.3 is 10.6 Å². The average molecular weight is 278 g/mol. The van der Waals surface area contributed by atoms with Crippen LogP contribution in [0.1, 0.15) is 12.8 Å². The molecule has 0 aliphatic carbocycles. The summed E-state index contributed by atoms with van der Waals surface area (Å²) in [5.41, 5.74) is 8.33. The summed E-state index contributed by atoms with van der Waals surface area (Å²) in [5, 5.41) is 19.1. The van der Waals surface area contributed by atoms with Crippen LogP contribution in [-0.4, -0.2) is 24.0 Å². The maximum Gasteiger partial charge on any atom is 0.319 e. The number of anilines is 1. The van der Waals surface area contributed by atoms with Crippen LogP contribution >= 0.6 is 0 Å². The highest BCUT2D eigenvalue weighted by Gasteiger charge is 2.07. The number of benzene rings is 1. The van der Waals surface area contributed by atoms with E-state index in [0.717, 1.165) is 0 Å². The number of nitrogens with zero attached hydrogens (tertiary/aromatic N) is 4. The third-order valence-electron chi connectivity index (χ3n) is 2.35. The smallest absolute Gasteiger partial charge is 0.319 e. The fraction of sp³-hybridized carbons (Fsp3) is 0.364. The molecule has 9 nitrogen and oxygen atoms in total. The van der Waals surface area contributed by atoms with Crippen molar-refractivity contribution in [3.8, 4) is 0 Å². The molecule has 0 aromatic heterocycles. The van der Waals surface area contributed by atoms with Gasteiger partial charge in [-0.05, 0) is 24.4 Å². The lowest BCUT2D eigenvalue weighted by molar-refractivity contribution is -0.384. The van der Waals surface area contributed by atoms with Crippen LogP contribution < -0.4 is 10.6 Å². The third kappa shape index (κ3) is 5.69. The SMILES string of the molecule is [N-]=[N+]=NCCCCNC(=O)Nc1cccc([N+](=O)[O-])c1. The number of carbonyl (C=O) groups is 1. The number of nitro groups is 1. The first-order valence-electron chi connectivity index (χ1n) is 5.93. The molecular formula is C11H14N6O3. The minimum atomic E-state index is -0.529. The molecule has 9 heteroatoms. The number of carbonyl (C=O) groups excluding carboxylic acids is 1. The number of rotatable bonds is 7. The van der Waals surface area contributed by atoms with Gasteiger partial charge in [0.2, 0.25) is 0 Å². The highest BCUT2D eigenvalue weighted by atomic mass is 16.6. The van der Waals surface area contributed by atoms with Crippen LogP contribution in [0.3, 0.4) is 0 Å². The van der Waals surface area contributed by atoms with E-state index in [4.69, 9.17) is 5.53 Å². The molecule has 106 valence electrons. The molecule has 0 heterocycles. The summed E-state index contributed by atoms with van der Waals surface area (Å²) in [4.78, 5) is 24.2. The predicted octanol–water partition coefficient (Wildman–Crippen LogP) is 2.81. The fourth-order valence-electron chi connectivity index (χ4n) is 1.43. The lowest BCUT2D eigenvalue weighted by Crippen LogP contribution is -2.29. The second-order valence-corrected chi connectivity index (χ2v) is 3.85. The Bertz CT molecular complexity index is 527. The van der Waals surface area contributed by atoms with E-state index in [1.165, 1.54) is 18.2 Å². The highest BCUT2D eigenvalue weighted by molar-refractivity contribution is 5.89. The second kappa shape index (κ2) is 8.33.